The van der Waals surface area contributed by atoms with Gasteiger partial charge in [0.25, 0.3) is 5.91 Å². The molecule has 0 atom stereocenters. The Bertz CT molecular complexity index is 461. The van der Waals surface area contributed by atoms with Gasteiger partial charge in [-0.2, -0.15) is 5.10 Å². The maximum atomic E-state index is 11.6. The molecule has 0 aliphatic rings. The van der Waals surface area contributed by atoms with Gasteiger partial charge in [0.05, 0.1) is 0 Å². The lowest BCUT2D eigenvalue weighted by molar-refractivity contribution is 0.101. The third kappa shape index (κ3) is 2.25. The Balaban J connectivity index is 2.06. The zero-order valence-corrected chi connectivity index (χ0v) is 8.90. The molecule has 5 nitrogen and oxygen atoms in total. The van der Waals surface area contributed by atoms with Crippen LogP contribution in [-0.2, 0) is 6.42 Å². The summed E-state index contributed by atoms with van der Waals surface area (Å²) in [5, 5.41) is 8.84. The Morgan fingerprint density at radius 2 is 2.12 bits per heavy atom. The number of anilines is 1. The Morgan fingerprint density at radius 1 is 1.38 bits per heavy atom. The monoisotopic (exact) mass is 216 g/mol. The average Bonchev–Trinajstić information content (AvgIpc) is 2.83. The molecule has 0 fully saturated rings. The summed E-state index contributed by atoms with van der Waals surface area (Å²) in [6, 6.07) is 7.70. The maximum Gasteiger partial charge on any atom is 0.292 e. The summed E-state index contributed by atoms with van der Waals surface area (Å²) < 4.78 is 0. The highest BCUT2D eigenvalue weighted by molar-refractivity contribution is 6.01. The van der Waals surface area contributed by atoms with Gasteiger partial charge in [-0.05, 0) is 24.1 Å². The standard InChI is InChI=1S/C11H12N4O/c1-2-8-3-5-9(6-4-8)14-11(16)10-12-7-13-15-10/h3-7H,2H2,1H3,(H,14,16)(H,12,13,15). The van der Waals surface area contributed by atoms with Crippen molar-refractivity contribution in [3.8, 4) is 0 Å². The fourth-order valence-electron chi connectivity index (χ4n) is 1.33. The van der Waals surface area contributed by atoms with Crippen LogP contribution >= 0.6 is 0 Å². The molecule has 0 radical (unpaired) electrons. The van der Waals surface area contributed by atoms with Crippen LogP contribution in [0.5, 0.6) is 0 Å². The quantitative estimate of drug-likeness (QED) is 0.819. The number of aromatic nitrogens is 3. The van der Waals surface area contributed by atoms with Gasteiger partial charge in [-0.25, -0.2) is 4.98 Å². The minimum absolute atomic E-state index is 0.208. The van der Waals surface area contributed by atoms with E-state index in [1.165, 1.54) is 11.9 Å². The van der Waals surface area contributed by atoms with Gasteiger partial charge < -0.3 is 5.32 Å². The molecule has 0 aliphatic heterocycles. The first kappa shape index (κ1) is 10.4. The number of aromatic amines is 1. The van der Waals surface area contributed by atoms with Crippen molar-refractivity contribution in [1.29, 1.82) is 0 Å². The minimum atomic E-state index is -0.290. The van der Waals surface area contributed by atoms with E-state index in [2.05, 4.69) is 27.4 Å². The zero-order valence-electron chi connectivity index (χ0n) is 8.90. The number of hydrogen-bond acceptors (Lipinski definition) is 3. The number of carbonyl (C=O) groups excluding carboxylic acids is 1. The number of nitrogens with zero attached hydrogens (tertiary/aromatic N) is 2. The summed E-state index contributed by atoms with van der Waals surface area (Å²) in [6.07, 6.45) is 2.28. The number of hydrogen-bond donors (Lipinski definition) is 2. The molecule has 2 aromatic rings. The molecule has 0 saturated heterocycles. The number of benzene rings is 1. The van der Waals surface area contributed by atoms with Crippen molar-refractivity contribution in [2.75, 3.05) is 5.32 Å². The normalized spacial score (nSPS) is 10.1. The molecule has 0 aliphatic carbocycles. The second-order valence-electron chi connectivity index (χ2n) is 3.34. The van der Waals surface area contributed by atoms with Gasteiger partial charge in [-0.3, -0.25) is 9.89 Å². The second kappa shape index (κ2) is 4.57. The topological polar surface area (TPSA) is 70.7 Å². The second-order valence-corrected chi connectivity index (χ2v) is 3.34. The van der Waals surface area contributed by atoms with Crippen molar-refractivity contribution >= 4 is 11.6 Å². The molecule has 0 bridgehead atoms. The number of nitrogens with one attached hydrogen (secondary N) is 2. The minimum Gasteiger partial charge on any atom is -0.319 e. The number of amides is 1. The van der Waals surface area contributed by atoms with Crippen LogP contribution < -0.4 is 5.32 Å². The van der Waals surface area contributed by atoms with Crippen molar-refractivity contribution in [3.63, 3.8) is 0 Å². The van der Waals surface area contributed by atoms with Gasteiger partial charge in [0.15, 0.2) is 0 Å². The summed E-state index contributed by atoms with van der Waals surface area (Å²) in [6.45, 7) is 2.09. The molecular formula is C11H12N4O. The van der Waals surface area contributed by atoms with Crippen molar-refractivity contribution in [3.05, 3.63) is 42.0 Å². The smallest absolute Gasteiger partial charge is 0.292 e. The van der Waals surface area contributed by atoms with E-state index in [1.807, 2.05) is 24.3 Å². The molecule has 1 amide bonds. The number of carbonyl (C=O) groups is 1. The highest BCUT2D eigenvalue weighted by Crippen LogP contribution is 2.10. The SMILES string of the molecule is CCc1ccc(NC(=O)c2ncn[nH]2)cc1. The van der Waals surface area contributed by atoms with E-state index in [-0.39, 0.29) is 11.7 Å². The van der Waals surface area contributed by atoms with Crippen molar-refractivity contribution in [1.82, 2.24) is 15.2 Å². The largest absolute Gasteiger partial charge is 0.319 e. The van der Waals surface area contributed by atoms with Gasteiger partial charge in [0.2, 0.25) is 5.82 Å². The van der Waals surface area contributed by atoms with Gasteiger partial charge in [0.1, 0.15) is 6.33 Å². The van der Waals surface area contributed by atoms with Crippen LogP contribution in [0.4, 0.5) is 5.69 Å². The summed E-state index contributed by atoms with van der Waals surface area (Å²) in [4.78, 5) is 15.4. The van der Waals surface area contributed by atoms with Crippen molar-refractivity contribution in [2.24, 2.45) is 0 Å². The van der Waals surface area contributed by atoms with Crippen molar-refractivity contribution < 1.29 is 4.79 Å². The molecular weight excluding hydrogens is 204 g/mol. The van der Waals surface area contributed by atoms with Crippen LogP contribution in [0.25, 0.3) is 0 Å². The predicted octanol–water partition coefficient (Wildman–Crippen LogP) is 1.62. The van der Waals surface area contributed by atoms with Gasteiger partial charge in [-0.1, -0.05) is 19.1 Å². The zero-order chi connectivity index (χ0) is 11.4. The third-order valence-corrected chi connectivity index (χ3v) is 2.25. The van der Waals surface area contributed by atoms with Crippen LogP contribution in [0.15, 0.2) is 30.6 Å². The maximum absolute atomic E-state index is 11.6. The van der Waals surface area contributed by atoms with E-state index in [9.17, 15) is 4.79 Å². The molecule has 0 spiro atoms. The van der Waals surface area contributed by atoms with Gasteiger partial charge >= 0.3 is 0 Å². The van der Waals surface area contributed by atoms with E-state index in [0.717, 1.165) is 12.1 Å². The molecule has 1 heterocycles. The van der Waals surface area contributed by atoms with Crippen molar-refractivity contribution in [2.45, 2.75) is 13.3 Å². The Kier molecular flexibility index (Phi) is 2.95. The molecule has 82 valence electrons. The van der Waals surface area contributed by atoms with E-state index in [1.54, 1.807) is 0 Å². The summed E-state index contributed by atoms with van der Waals surface area (Å²) in [5.74, 6) is -0.0821. The van der Waals surface area contributed by atoms with Crippen LogP contribution in [-0.4, -0.2) is 21.1 Å². The van der Waals surface area contributed by atoms with E-state index in [0.29, 0.717) is 0 Å². The highest BCUT2D eigenvalue weighted by Gasteiger charge is 2.08. The Hall–Kier alpha value is -2.17. The molecule has 2 rings (SSSR count). The number of aryl methyl sites for hydroxylation is 1. The molecule has 5 heteroatoms. The first-order valence-corrected chi connectivity index (χ1v) is 5.05. The van der Waals surface area contributed by atoms with E-state index >= 15 is 0 Å². The molecule has 1 aromatic heterocycles. The first-order chi connectivity index (χ1) is 7.79. The predicted molar refractivity (Wildman–Crippen MR) is 60.2 cm³/mol. The van der Waals surface area contributed by atoms with Gasteiger partial charge in [0, 0.05) is 5.69 Å². The fraction of sp³-hybridized carbons (Fsp3) is 0.182. The van der Waals surface area contributed by atoms with E-state index in [4.69, 9.17) is 0 Å². The van der Waals surface area contributed by atoms with Crippen LogP contribution in [0.1, 0.15) is 23.1 Å². The number of rotatable bonds is 3. The van der Waals surface area contributed by atoms with Crippen LogP contribution in [0.3, 0.4) is 0 Å². The summed E-state index contributed by atoms with van der Waals surface area (Å²) >= 11 is 0. The molecule has 2 N–H and O–H groups in total. The third-order valence-electron chi connectivity index (χ3n) is 2.25. The lowest BCUT2D eigenvalue weighted by atomic mass is 10.1. The van der Waals surface area contributed by atoms with Crippen LogP contribution in [0.2, 0.25) is 0 Å². The summed E-state index contributed by atoms with van der Waals surface area (Å²) in [5.41, 5.74) is 1.98. The first-order valence-electron chi connectivity index (χ1n) is 5.05. The number of H-pyrrole nitrogens is 1. The average molecular weight is 216 g/mol. The molecule has 0 saturated carbocycles. The highest BCUT2D eigenvalue weighted by atomic mass is 16.2. The summed E-state index contributed by atoms with van der Waals surface area (Å²) in [7, 11) is 0. The lowest BCUT2D eigenvalue weighted by Gasteiger charge is -2.03. The molecule has 0 unspecified atom stereocenters. The van der Waals surface area contributed by atoms with Gasteiger partial charge in [-0.15, -0.1) is 0 Å². The lowest BCUT2D eigenvalue weighted by Crippen LogP contribution is -2.13. The molecule has 16 heavy (non-hydrogen) atoms. The fourth-order valence-corrected chi connectivity index (χ4v) is 1.33. The Labute approximate surface area is 92.9 Å². The molecule has 1 aromatic carbocycles. The van der Waals surface area contributed by atoms with Crippen LogP contribution in [0, 0.1) is 0 Å². The Morgan fingerprint density at radius 3 is 2.69 bits per heavy atom. The van der Waals surface area contributed by atoms with E-state index < -0.39 is 0 Å².